The molecule has 3 aromatic carbocycles. The van der Waals surface area contributed by atoms with Crippen LogP contribution in [0.2, 0.25) is 0 Å². The van der Waals surface area contributed by atoms with Crippen LogP contribution < -0.4 is 56.5 Å². The van der Waals surface area contributed by atoms with Gasteiger partial charge in [0.25, 0.3) is 21.9 Å². The van der Waals surface area contributed by atoms with Crippen LogP contribution in [-0.2, 0) is 110 Å². The number of carbonyl (C=O) groups excluding carboxylic acids is 8. The number of rotatable bonds is 49. The monoisotopic (exact) mass is 1730 g/mol. The summed E-state index contributed by atoms with van der Waals surface area (Å²) in [6.45, 7) is 22.7. The zero-order chi connectivity index (χ0) is 91.3. The molecular formula is C74H127N13O31S. The number of carboxylic acids is 1. The quantitative estimate of drug-likeness (QED) is 0.00638. The molecule has 0 aliphatic heterocycles. The first-order valence-corrected chi connectivity index (χ1v) is 39.0. The van der Waals surface area contributed by atoms with Gasteiger partial charge in [0, 0.05) is 36.0 Å². The van der Waals surface area contributed by atoms with Crippen molar-refractivity contribution >= 4 is 98.7 Å². The number of hydrogen-bond acceptors (Lipinski definition) is 34. The predicted octanol–water partition coefficient (Wildman–Crippen LogP) is -0.603. The lowest BCUT2D eigenvalue weighted by molar-refractivity contribution is -0.153. The molecule has 44 nitrogen and oxygen atoms in total. The molecule has 45 heteroatoms. The van der Waals surface area contributed by atoms with Crippen LogP contribution in [0.3, 0.4) is 0 Å². The van der Waals surface area contributed by atoms with Crippen molar-refractivity contribution in [2.24, 2.45) is 60.8 Å². The summed E-state index contributed by atoms with van der Waals surface area (Å²) in [6.07, 6.45) is -3.01. The first-order valence-electron chi connectivity index (χ1n) is 37.1. The Kier molecular flexibility index (Phi) is 69.9. The Morgan fingerprint density at radius 2 is 0.580 bits per heavy atom. The third-order valence-corrected chi connectivity index (χ3v) is 12.5. The van der Waals surface area contributed by atoms with Gasteiger partial charge in [-0.1, -0.05) is 32.9 Å². The molecule has 8 unspecified atom stereocenters. The average Bonchev–Trinajstić information content (AvgIpc) is 0.894. The van der Waals surface area contributed by atoms with Crippen molar-refractivity contribution in [3.63, 3.8) is 0 Å². The molecule has 0 aromatic heterocycles. The Labute approximate surface area is 693 Å². The number of nitrogens with zero attached hydrogens (tertiary/aromatic N) is 3. The van der Waals surface area contributed by atoms with Crippen LogP contribution in [0.15, 0.2) is 87.8 Å². The third-order valence-electron chi connectivity index (χ3n) is 12.5. The Balaban J connectivity index is -0.000000736. The fourth-order valence-corrected chi connectivity index (χ4v) is 7.42. The number of amides is 2. The molecule has 3 aromatic rings. The maximum atomic E-state index is 12.2. The molecule has 0 radical (unpaired) electrons. The summed E-state index contributed by atoms with van der Waals surface area (Å²) in [6, 6.07) is 18.6. The predicted molar refractivity (Wildman–Crippen MR) is 435 cm³/mol. The number of ether oxygens (including phenoxy) is 14. The van der Waals surface area contributed by atoms with E-state index in [9.17, 15) is 51.6 Å². The lowest BCUT2D eigenvalue weighted by Gasteiger charge is -2.15. The molecule has 3 rings (SSSR count). The minimum atomic E-state index is -3.67. The summed E-state index contributed by atoms with van der Waals surface area (Å²) in [5.41, 5.74) is 44.4. The van der Waals surface area contributed by atoms with Gasteiger partial charge in [-0.15, -0.1) is 0 Å². The van der Waals surface area contributed by atoms with Gasteiger partial charge in [-0.05, 0) is 116 Å². The molecule has 0 saturated heterocycles. The van der Waals surface area contributed by atoms with E-state index in [-0.39, 0.29) is 126 Å². The number of benzene rings is 3. The highest BCUT2D eigenvalue weighted by molar-refractivity contribution is 7.85. The van der Waals surface area contributed by atoms with Gasteiger partial charge >= 0.3 is 41.8 Å². The number of hydrogen-bond donors (Lipinski definition) is 16. The van der Waals surface area contributed by atoms with Gasteiger partial charge in [0.05, 0.1) is 154 Å². The van der Waals surface area contributed by atoms with Crippen molar-refractivity contribution in [1.82, 2.24) is 10.6 Å². The van der Waals surface area contributed by atoms with Gasteiger partial charge in [-0.3, -0.25) is 47.7 Å². The number of nitrogens with two attached hydrogens (primary N) is 8. The van der Waals surface area contributed by atoms with Gasteiger partial charge in [0.1, 0.15) is 49.7 Å². The molecule has 680 valence electrons. The first-order chi connectivity index (χ1) is 55.9. The maximum absolute atomic E-state index is 12.2. The highest BCUT2D eigenvalue weighted by atomic mass is 32.2. The number of aliphatic hydroxyl groups is 4. The largest absolute Gasteiger partial charge is 0.481 e. The summed E-state index contributed by atoms with van der Waals surface area (Å²) in [4.78, 5) is 113. The van der Waals surface area contributed by atoms with E-state index >= 15 is 0 Å². The normalized spacial score (nSPS) is 12.4. The van der Waals surface area contributed by atoms with E-state index in [1.165, 1.54) is 36.4 Å². The molecule has 0 spiro atoms. The van der Waals surface area contributed by atoms with Crippen LogP contribution in [0.1, 0.15) is 128 Å². The molecular weight excluding hydrogens is 1600 g/mol. The van der Waals surface area contributed by atoms with Crippen LogP contribution in [-0.4, -0.2) is 297 Å². The second kappa shape index (κ2) is 72.1. The van der Waals surface area contributed by atoms with E-state index in [0.717, 1.165) is 0 Å². The molecule has 24 N–H and O–H groups in total. The lowest BCUT2D eigenvalue weighted by atomic mass is 10.2. The Bertz CT molecular complexity index is 3230. The van der Waals surface area contributed by atoms with E-state index in [2.05, 4.69) is 25.6 Å². The molecule has 119 heavy (non-hydrogen) atoms. The van der Waals surface area contributed by atoms with Gasteiger partial charge in [-0.25, -0.2) is 15.0 Å². The SMILES string of the molecule is CC(COCCOCC(C)OC(=O)CN)OC(=O)CN.CC(COCCOCC(C)OC(=O)CNC(=O)c1ccc(N=C(N)N)cc1)OC(=O)CNC(=O)c1ccc(N=C(N)N)cc1.CC(O)COCCOCC(C)O.CCC(=O)O.CCC(=O)OC(C)COCCOCC(C)OC(=O)CC.CS(=O)(=O)O.NC(N)=Nc1ccc(C(O)O)cc1. The topological polar surface area (TPSA) is 708 Å². The van der Waals surface area contributed by atoms with E-state index in [0.29, 0.717) is 119 Å². The number of carbonyl (C=O) groups is 9. The Hall–Kier alpha value is -9.95. The van der Waals surface area contributed by atoms with Crippen molar-refractivity contribution in [2.75, 3.05) is 138 Å². The Morgan fingerprint density at radius 1 is 0.370 bits per heavy atom. The third kappa shape index (κ3) is 79.0. The van der Waals surface area contributed by atoms with Crippen LogP contribution in [0, 0.1) is 0 Å². The average molecular weight is 1730 g/mol. The minimum Gasteiger partial charge on any atom is -0.481 e. The van der Waals surface area contributed by atoms with Crippen molar-refractivity contribution in [3.05, 3.63) is 89.5 Å². The number of nitrogens with one attached hydrogen (secondary N) is 2. The lowest BCUT2D eigenvalue weighted by Crippen LogP contribution is -2.33. The minimum absolute atomic E-state index is 0.0303. The first kappa shape index (κ1) is 115. The molecule has 0 aliphatic carbocycles. The number of aliphatic hydroxyl groups excluding tert-OH is 3. The molecule has 0 saturated carbocycles. The molecule has 0 heterocycles. The standard InChI is InChI=1S/C28H38N8O8.C14H26O6.C12H24N2O6.C8H11N3O2.C8H18O4.C3H6O2.CH4O3S/c1-17(43-23(37)13-33-25(39)19-3-7-21(8-4-19)35-27(29)30)15-41-11-12-42-16-18(2)44-24(38)14-34-26(40)20-5-9-22(10-6-20)36-28(31)32;1-5-13(15)19-11(3)9-17-7-8-18-10-12(4)20-14(16)6-2;1-9(19-11(15)5-13)7-17-3-4-18-8-10(2)20-12(16)6-14;9-8(10)11-6-3-1-5(2-4-6)7(12)13;1-7(9)5-11-3-4-12-6-8(2)10;1-2-3(4)5;1-5(2,3)4/h3-10,17-18H,11-16H2,1-2H3,(H,33,39)(H,34,40)(H4,29,30,35)(H4,31,32,36);11-12H,5-10H2,1-4H3;9-10H,3-8,13-14H2,1-2H3;1-4,7,12-13H,(H4,9,10,11);7-10H,3-6H2,1-2H3;2H2,1H3,(H,4,5);1H3,(H,2,3,4). The molecule has 2 amide bonds. The second-order valence-corrected chi connectivity index (χ2v) is 26.2. The smallest absolute Gasteiger partial charge is 0.325 e. The fraction of sp³-hybridized carbons (Fsp3) is 0.595. The zero-order valence-corrected chi connectivity index (χ0v) is 70.5. The number of aliphatic carboxylic acids is 1. The van der Waals surface area contributed by atoms with Crippen molar-refractivity contribution in [2.45, 2.75) is 151 Å². The summed E-state index contributed by atoms with van der Waals surface area (Å²) in [7, 11) is -3.67. The van der Waals surface area contributed by atoms with Crippen molar-refractivity contribution in [3.8, 4) is 0 Å². The Morgan fingerprint density at radius 3 is 0.773 bits per heavy atom. The van der Waals surface area contributed by atoms with E-state index in [1.807, 2.05) is 0 Å². The summed E-state index contributed by atoms with van der Waals surface area (Å²) < 4.78 is 98.2. The van der Waals surface area contributed by atoms with Crippen LogP contribution in [0.5, 0.6) is 0 Å². The van der Waals surface area contributed by atoms with E-state index in [1.54, 1.807) is 113 Å². The second-order valence-electron chi connectivity index (χ2n) is 24.7. The summed E-state index contributed by atoms with van der Waals surface area (Å²) in [5.74, 6) is -4.56. The van der Waals surface area contributed by atoms with Crippen molar-refractivity contribution in [1.29, 1.82) is 0 Å². The van der Waals surface area contributed by atoms with E-state index < -0.39 is 82.5 Å². The van der Waals surface area contributed by atoms with Gasteiger partial charge in [0.15, 0.2) is 24.2 Å². The summed E-state index contributed by atoms with van der Waals surface area (Å²) in [5, 5.41) is 47.8. The molecule has 0 bridgehead atoms. The number of aliphatic imine (C=N–C) groups is 3. The highest BCUT2D eigenvalue weighted by Gasteiger charge is 2.17. The zero-order valence-electron chi connectivity index (χ0n) is 69.6. The number of guanidine groups is 3. The summed E-state index contributed by atoms with van der Waals surface area (Å²) >= 11 is 0. The molecule has 0 fully saturated rings. The highest BCUT2D eigenvalue weighted by Crippen LogP contribution is 2.17. The van der Waals surface area contributed by atoms with Crippen LogP contribution >= 0.6 is 0 Å². The van der Waals surface area contributed by atoms with Crippen LogP contribution in [0.25, 0.3) is 0 Å². The van der Waals surface area contributed by atoms with Crippen molar-refractivity contribution < 1.29 is 148 Å². The van der Waals surface area contributed by atoms with Crippen LogP contribution in [0.4, 0.5) is 17.1 Å². The molecule has 0 aliphatic rings. The van der Waals surface area contributed by atoms with E-state index in [4.69, 9.17) is 142 Å². The molecule has 8 atom stereocenters. The van der Waals surface area contributed by atoms with Gasteiger partial charge < -0.3 is 148 Å². The van der Waals surface area contributed by atoms with Gasteiger partial charge in [0.2, 0.25) is 0 Å². The number of carboxylic acid groups (broad SMARTS) is 1. The maximum Gasteiger partial charge on any atom is 0.325 e. The fourth-order valence-electron chi connectivity index (χ4n) is 7.42. The van der Waals surface area contributed by atoms with Gasteiger partial charge in [-0.2, -0.15) is 8.42 Å². The number of esters is 6.